The number of carboxylic acids is 1. The fraction of sp³-hybridized carbons (Fsp3) is 0.667. The van der Waals surface area contributed by atoms with Crippen molar-refractivity contribution in [3.05, 3.63) is 0 Å². The van der Waals surface area contributed by atoms with Crippen LogP contribution in [0.1, 0.15) is 13.8 Å². The number of aliphatic hydroxyl groups is 1. The minimum absolute atomic E-state index is 0.0358. The van der Waals surface area contributed by atoms with Crippen LogP contribution in [0.4, 0.5) is 4.79 Å². The summed E-state index contributed by atoms with van der Waals surface area (Å²) >= 11 is 0. The molecule has 0 fully saturated rings. The van der Waals surface area contributed by atoms with Gasteiger partial charge in [-0.3, -0.25) is 4.79 Å². The molecule has 3 amide bonds. The number of aliphatic hydroxyl groups excluding tert-OH is 1. The van der Waals surface area contributed by atoms with E-state index in [4.69, 9.17) is 15.9 Å². The van der Waals surface area contributed by atoms with Gasteiger partial charge in [0.25, 0.3) is 0 Å². The number of primary amides is 1. The Bertz CT molecular complexity index is 316. The van der Waals surface area contributed by atoms with Crippen LogP contribution < -0.4 is 16.4 Å². The molecule has 0 aliphatic heterocycles. The standard InChI is InChI=1S/C9H17N3O5/c1-9(2,7(10)16)4-11-8(17)12-5(3-13)6(14)15/h5,13H,3-4H2,1-2H3,(H2,10,16)(H,14,15)(H2,11,12,17). The minimum atomic E-state index is -1.38. The van der Waals surface area contributed by atoms with Crippen molar-refractivity contribution in [2.75, 3.05) is 13.2 Å². The maximum Gasteiger partial charge on any atom is 0.328 e. The average molecular weight is 247 g/mol. The Labute approximate surface area is 98.2 Å². The third kappa shape index (κ3) is 5.16. The molecule has 0 aromatic rings. The molecule has 0 aromatic carbocycles. The lowest BCUT2D eigenvalue weighted by molar-refractivity contribution is -0.140. The van der Waals surface area contributed by atoms with Gasteiger partial charge in [0, 0.05) is 6.54 Å². The van der Waals surface area contributed by atoms with Crippen molar-refractivity contribution in [2.24, 2.45) is 11.1 Å². The number of hydrogen-bond donors (Lipinski definition) is 5. The van der Waals surface area contributed by atoms with Gasteiger partial charge in [0.15, 0.2) is 6.04 Å². The Hall–Kier alpha value is -1.83. The number of hydrogen-bond acceptors (Lipinski definition) is 4. The number of nitrogens with one attached hydrogen (secondary N) is 2. The molecule has 1 unspecified atom stereocenters. The number of urea groups is 1. The molecule has 0 saturated heterocycles. The van der Waals surface area contributed by atoms with E-state index in [2.05, 4.69) is 5.32 Å². The first-order chi connectivity index (χ1) is 7.70. The van der Waals surface area contributed by atoms with Crippen molar-refractivity contribution in [1.29, 1.82) is 0 Å². The third-order valence-corrected chi connectivity index (χ3v) is 2.14. The fourth-order valence-corrected chi connectivity index (χ4v) is 0.783. The summed E-state index contributed by atoms with van der Waals surface area (Å²) in [6.45, 7) is 2.32. The van der Waals surface area contributed by atoms with E-state index >= 15 is 0 Å². The van der Waals surface area contributed by atoms with E-state index in [1.54, 1.807) is 0 Å². The lowest BCUT2D eigenvalue weighted by Crippen LogP contribution is -2.51. The highest BCUT2D eigenvalue weighted by Crippen LogP contribution is 2.11. The topological polar surface area (TPSA) is 142 Å². The normalized spacial score (nSPS) is 12.6. The van der Waals surface area contributed by atoms with Crippen molar-refractivity contribution in [3.8, 4) is 0 Å². The first kappa shape index (κ1) is 15.2. The first-order valence-electron chi connectivity index (χ1n) is 4.88. The molecule has 0 aromatic heterocycles. The Morgan fingerprint density at radius 2 is 1.88 bits per heavy atom. The zero-order valence-electron chi connectivity index (χ0n) is 9.69. The second-order valence-corrected chi connectivity index (χ2v) is 4.15. The highest BCUT2D eigenvalue weighted by atomic mass is 16.4. The number of aliphatic carboxylic acids is 1. The van der Waals surface area contributed by atoms with Crippen LogP contribution in [0.5, 0.6) is 0 Å². The molecule has 8 nitrogen and oxygen atoms in total. The van der Waals surface area contributed by atoms with Gasteiger partial charge in [-0.1, -0.05) is 0 Å². The van der Waals surface area contributed by atoms with E-state index in [-0.39, 0.29) is 6.54 Å². The van der Waals surface area contributed by atoms with E-state index in [1.807, 2.05) is 5.32 Å². The second-order valence-electron chi connectivity index (χ2n) is 4.15. The maximum absolute atomic E-state index is 11.2. The molecule has 0 radical (unpaired) electrons. The summed E-state index contributed by atoms with van der Waals surface area (Å²) in [5.74, 6) is -1.94. The van der Waals surface area contributed by atoms with E-state index in [0.29, 0.717) is 0 Å². The molecule has 0 bridgehead atoms. The van der Waals surface area contributed by atoms with Crippen LogP contribution >= 0.6 is 0 Å². The summed E-state index contributed by atoms with van der Waals surface area (Å²) in [7, 11) is 0. The van der Waals surface area contributed by atoms with Crippen LogP contribution in [0, 0.1) is 5.41 Å². The molecule has 6 N–H and O–H groups in total. The summed E-state index contributed by atoms with van der Waals surface area (Å²) in [5, 5.41) is 21.6. The molecule has 0 rings (SSSR count). The Kier molecular flexibility index (Phi) is 5.39. The first-order valence-corrected chi connectivity index (χ1v) is 4.88. The van der Waals surface area contributed by atoms with Crippen molar-refractivity contribution < 1.29 is 24.6 Å². The van der Waals surface area contributed by atoms with Crippen LogP contribution in [-0.4, -0.2) is 47.3 Å². The molecule has 0 saturated carbocycles. The number of nitrogens with two attached hydrogens (primary N) is 1. The van der Waals surface area contributed by atoms with Gasteiger partial charge in [-0.25, -0.2) is 9.59 Å². The molecule has 0 heterocycles. The van der Waals surface area contributed by atoms with Gasteiger partial charge < -0.3 is 26.6 Å². The molecule has 0 aliphatic carbocycles. The predicted octanol–water partition coefficient (Wildman–Crippen LogP) is -1.76. The lowest BCUT2D eigenvalue weighted by Gasteiger charge is -2.21. The lowest BCUT2D eigenvalue weighted by atomic mass is 9.93. The van der Waals surface area contributed by atoms with E-state index in [0.717, 1.165) is 0 Å². The largest absolute Gasteiger partial charge is 0.480 e. The molecule has 0 spiro atoms. The molecule has 17 heavy (non-hydrogen) atoms. The summed E-state index contributed by atoms with van der Waals surface area (Å²) in [6, 6.07) is -2.17. The quantitative estimate of drug-likeness (QED) is 0.378. The molecule has 8 heteroatoms. The Morgan fingerprint density at radius 3 is 2.24 bits per heavy atom. The van der Waals surface area contributed by atoms with E-state index < -0.39 is 36.0 Å². The molecule has 98 valence electrons. The summed E-state index contributed by atoms with van der Waals surface area (Å²) in [6.07, 6.45) is 0. The van der Waals surface area contributed by atoms with Gasteiger partial charge in [0.2, 0.25) is 5.91 Å². The van der Waals surface area contributed by atoms with Crippen molar-refractivity contribution in [2.45, 2.75) is 19.9 Å². The summed E-state index contributed by atoms with van der Waals surface area (Å²) in [4.78, 5) is 32.7. The number of carbonyl (C=O) groups excluding carboxylic acids is 2. The zero-order valence-corrected chi connectivity index (χ0v) is 9.69. The second kappa shape index (κ2) is 6.04. The molecular formula is C9H17N3O5. The van der Waals surface area contributed by atoms with E-state index in [9.17, 15) is 14.4 Å². The SMILES string of the molecule is CC(C)(CNC(=O)NC(CO)C(=O)O)C(N)=O. The maximum atomic E-state index is 11.2. The number of rotatable bonds is 6. The van der Waals surface area contributed by atoms with Crippen molar-refractivity contribution >= 4 is 17.9 Å². The monoisotopic (exact) mass is 247 g/mol. The van der Waals surface area contributed by atoms with Crippen LogP contribution in [0.3, 0.4) is 0 Å². The number of carboxylic acid groups (broad SMARTS) is 1. The van der Waals surface area contributed by atoms with Gasteiger partial charge in [0.1, 0.15) is 0 Å². The van der Waals surface area contributed by atoms with Crippen LogP contribution in [0.2, 0.25) is 0 Å². The third-order valence-electron chi connectivity index (χ3n) is 2.14. The van der Waals surface area contributed by atoms with Gasteiger partial charge in [0.05, 0.1) is 12.0 Å². The van der Waals surface area contributed by atoms with Crippen LogP contribution in [0.15, 0.2) is 0 Å². The molecular weight excluding hydrogens is 230 g/mol. The highest BCUT2D eigenvalue weighted by molar-refractivity contribution is 5.84. The van der Waals surface area contributed by atoms with E-state index in [1.165, 1.54) is 13.8 Å². The zero-order chi connectivity index (χ0) is 13.6. The average Bonchev–Trinajstić information content (AvgIpc) is 2.22. The summed E-state index contributed by atoms with van der Waals surface area (Å²) < 4.78 is 0. The minimum Gasteiger partial charge on any atom is -0.480 e. The van der Waals surface area contributed by atoms with Crippen LogP contribution in [-0.2, 0) is 9.59 Å². The van der Waals surface area contributed by atoms with Gasteiger partial charge in [-0.05, 0) is 13.8 Å². The number of amides is 3. The fourth-order valence-electron chi connectivity index (χ4n) is 0.783. The Balaban J connectivity index is 4.20. The molecule has 1 atom stereocenters. The van der Waals surface area contributed by atoms with Crippen molar-refractivity contribution in [3.63, 3.8) is 0 Å². The van der Waals surface area contributed by atoms with Crippen LogP contribution in [0.25, 0.3) is 0 Å². The van der Waals surface area contributed by atoms with Gasteiger partial charge in [-0.2, -0.15) is 0 Å². The van der Waals surface area contributed by atoms with Gasteiger partial charge in [-0.15, -0.1) is 0 Å². The predicted molar refractivity (Wildman–Crippen MR) is 58.0 cm³/mol. The van der Waals surface area contributed by atoms with Crippen molar-refractivity contribution in [1.82, 2.24) is 10.6 Å². The smallest absolute Gasteiger partial charge is 0.328 e. The summed E-state index contributed by atoms with van der Waals surface area (Å²) in [5.41, 5.74) is 4.15. The Morgan fingerprint density at radius 1 is 1.35 bits per heavy atom. The highest BCUT2D eigenvalue weighted by Gasteiger charge is 2.26. The number of carbonyl (C=O) groups is 3. The van der Waals surface area contributed by atoms with Gasteiger partial charge >= 0.3 is 12.0 Å². The molecule has 0 aliphatic rings.